The molecule has 0 radical (unpaired) electrons. The molecule has 0 saturated heterocycles. The van der Waals surface area contributed by atoms with Crippen molar-refractivity contribution in [2.75, 3.05) is 20.2 Å². The van der Waals surface area contributed by atoms with Crippen LogP contribution in [0.2, 0.25) is 5.02 Å². The fourth-order valence-electron chi connectivity index (χ4n) is 2.19. The standard InChI is InChI=1S/C15H17ClN4O3S/c1-23-12-3-2-9(16)6-10(12)11-7-13(21)19-15(24)20(11)8-14(22)18-5-4-17/h2-3,6-7H,4-5,8,17H2,1H3,(H,18,22)(H,19,21,24). The molecule has 7 nitrogen and oxygen atoms in total. The number of hydrogen-bond donors (Lipinski definition) is 3. The summed E-state index contributed by atoms with van der Waals surface area (Å²) < 4.78 is 6.96. The average molecular weight is 369 g/mol. The van der Waals surface area contributed by atoms with E-state index in [0.717, 1.165) is 0 Å². The third-order valence-corrected chi connectivity index (χ3v) is 3.80. The molecule has 0 aliphatic carbocycles. The van der Waals surface area contributed by atoms with E-state index in [-0.39, 0.29) is 22.8 Å². The molecule has 1 amide bonds. The van der Waals surface area contributed by atoms with Crippen LogP contribution in [0.25, 0.3) is 11.3 Å². The van der Waals surface area contributed by atoms with Crippen molar-refractivity contribution in [2.45, 2.75) is 6.54 Å². The maximum absolute atomic E-state index is 12.0. The fourth-order valence-corrected chi connectivity index (χ4v) is 2.63. The van der Waals surface area contributed by atoms with Crippen LogP contribution in [0.1, 0.15) is 0 Å². The quantitative estimate of drug-likeness (QED) is 0.667. The van der Waals surface area contributed by atoms with E-state index >= 15 is 0 Å². The Labute approximate surface area is 148 Å². The van der Waals surface area contributed by atoms with Crippen molar-refractivity contribution in [1.29, 1.82) is 0 Å². The second-order valence-corrected chi connectivity index (χ2v) is 5.72. The molecule has 4 N–H and O–H groups in total. The number of nitrogens with two attached hydrogens (primary N) is 1. The van der Waals surface area contributed by atoms with Crippen molar-refractivity contribution < 1.29 is 9.53 Å². The van der Waals surface area contributed by atoms with Crippen LogP contribution in [0.4, 0.5) is 0 Å². The first-order valence-corrected chi connectivity index (χ1v) is 7.89. The molecular weight excluding hydrogens is 352 g/mol. The number of halogens is 1. The number of carbonyl (C=O) groups is 1. The van der Waals surface area contributed by atoms with Crippen LogP contribution in [0, 0.1) is 4.77 Å². The number of aromatic amines is 1. The minimum absolute atomic E-state index is 0.0688. The minimum Gasteiger partial charge on any atom is -0.496 e. The normalized spacial score (nSPS) is 10.5. The van der Waals surface area contributed by atoms with Crippen LogP contribution in [-0.2, 0) is 11.3 Å². The summed E-state index contributed by atoms with van der Waals surface area (Å²) >= 11 is 11.3. The van der Waals surface area contributed by atoms with Gasteiger partial charge in [-0.1, -0.05) is 11.6 Å². The first-order chi connectivity index (χ1) is 11.5. The molecule has 24 heavy (non-hydrogen) atoms. The molecule has 0 atom stereocenters. The number of amides is 1. The van der Waals surface area contributed by atoms with Crippen molar-refractivity contribution in [3.8, 4) is 17.0 Å². The predicted octanol–water partition coefficient (Wildman–Crippen LogP) is 1.31. The smallest absolute Gasteiger partial charge is 0.252 e. The highest BCUT2D eigenvalue weighted by atomic mass is 35.5. The number of methoxy groups -OCH3 is 1. The highest BCUT2D eigenvalue weighted by Gasteiger charge is 2.14. The zero-order valence-electron chi connectivity index (χ0n) is 13.0. The second kappa shape index (κ2) is 8.09. The lowest BCUT2D eigenvalue weighted by molar-refractivity contribution is -0.121. The molecule has 0 fully saturated rings. The van der Waals surface area contributed by atoms with Gasteiger partial charge in [-0.3, -0.25) is 14.6 Å². The maximum atomic E-state index is 12.0. The largest absolute Gasteiger partial charge is 0.496 e. The molecule has 1 aromatic carbocycles. The highest BCUT2D eigenvalue weighted by Crippen LogP contribution is 2.31. The van der Waals surface area contributed by atoms with E-state index in [1.807, 2.05) is 0 Å². The maximum Gasteiger partial charge on any atom is 0.252 e. The van der Waals surface area contributed by atoms with Crippen molar-refractivity contribution >= 4 is 29.7 Å². The number of ether oxygens (including phenoxy) is 1. The third-order valence-electron chi connectivity index (χ3n) is 3.24. The zero-order chi connectivity index (χ0) is 17.7. The van der Waals surface area contributed by atoms with Gasteiger partial charge in [0.15, 0.2) is 4.77 Å². The van der Waals surface area contributed by atoms with E-state index in [4.69, 9.17) is 34.3 Å². The van der Waals surface area contributed by atoms with Crippen LogP contribution in [0.3, 0.4) is 0 Å². The number of carbonyl (C=O) groups excluding carboxylic acids is 1. The topological polar surface area (TPSA) is 102 Å². The molecule has 0 bridgehead atoms. The van der Waals surface area contributed by atoms with E-state index in [2.05, 4.69) is 10.3 Å². The minimum atomic E-state index is -0.379. The second-order valence-electron chi connectivity index (χ2n) is 4.89. The van der Waals surface area contributed by atoms with E-state index in [9.17, 15) is 9.59 Å². The van der Waals surface area contributed by atoms with Crippen LogP contribution >= 0.6 is 23.8 Å². The van der Waals surface area contributed by atoms with Gasteiger partial charge in [0.2, 0.25) is 5.91 Å². The number of H-pyrrole nitrogens is 1. The molecule has 0 spiro atoms. The predicted molar refractivity (Wildman–Crippen MR) is 94.9 cm³/mol. The number of nitrogens with zero attached hydrogens (tertiary/aromatic N) is 1. The molecule has 1 aromatic heterocycles. The van der Waals surface area contributed by atoms with Gasteiger partial charge < -0.3 is 20.4 Å². The first kappa shape index (κ1) is 18.2. The van der Waals surface area contributed by atoms with Gasteiger partial charge in [0, 0.05) is 29.7 Å². The van der Waals surface area contributed by atoms with Gasteiger partial charge in [0.05, 0.1) is 12.8 Å². The molecule has 128 valence electrons. The summed E-state index contributed by atoms with van der Waals surface area (Å²) in [6.45, 7) is 0.615. The number of hydrogen-bond acceptors (Lipinski definition) is 5. The summed E-state index contributed by atoms with van der Waals surface area (Å²) in [5.41, 5.74) is 6.00. The Hall–Kier alpha value is -2.16. The Bertz CT molecular complexity index is 863. The summed E-state index contributed by atoms with van der Waals surface area (Å²) in [4.78, 5) is 26.4. The summed E-state index contributed by atoms with van der Waals surface area (Å²) in [5.74, 6) is 0.237. The molecule has 0 aliphatic heterocycles. The Morgan fingerprint density at radius 2 is 2.21 bits per heavy atom. The van der Waals surface area contributed by atoms with Crippen LogP contribution in [0.5, 0.6) is 5.75 Å². The van der Waals surface area contributed by atoms with Gasteiger partial charge in [0.1, 0.15) is 12.3 Å². The molecule has 0 saturated carbocycles. The lowest BCUT2D eigenvalue weighted by Crippen LogP contribution is -2.33. The van der Waals surface area contributed by atoms with E-state index < -0.39 is 0 Å². The van der Waals surface area contributed by atoms with Gasteiger partial charge in [-0.25, -0.2) is 0 Å². The van der Waals surface area contributed by atoms with Gasteiger partial charge in [-0.15, -0.1) is 0 Å². The lowest BCUT2D eigenvalue weighted by atomic mass is 10.1. The SMILES string of the molecule is COc1ccc(Cl)cc1-c1cc(=O)[nH]c(=S)n1CC(=O)NCCN. The first-order valence-electron chi connectivity index (χ1n) is 7.11. The number of benzene rings is 1. The van der Waals surface area contributed by atoms with Crippen LogP contribution in [-0.4, -0.2) is 35.7 Å². The Morgan fingerprint density at radius 3 is 2.88 bits per heavy atom. The van der Waals surface area contributed by atoms with Crippen LogP contribution in [0.15, 0.2) is 29.1 Å². The van der Waals surface area contributed by atoms with E-state index in [0.29, 0.717) is 35.1 Å². The molecule has 2 rings (SSSR count). The van der Waals surface area contributed by atoms with Crippen molar-refractivity contribution in [3.63, 3.8) is 0 Å². The van der Waals surface area contributed by atoms with Crippen molar-refractivity contribution in [1.82, 2.24) is 14.9 Å². The average Bonchev–Trinajstić information content (AvgIpc) is 2.55. The van der Waals surface area contributed by atoms with Gasteiger partial charge in [0.25, 0.3) is 5.56 Å². The zero-order valence-corrected chi connectivity index (χ0v) is 14.5. The summed E-state index contributed by atoms with van der Waals surface area (Å²) in [7, 11) is 1.51. The molecule has 1 heterocycles. The molecule has 2 aromatic rings. The van der Waals surface area contributed by atoms with Crippen molar-refractivity contribution in [3.05, 3.63) is 44.4 Å². The fraction of sp³-hybridized carbons (Fsp3) is 0.267. The summed E-state index contributed by atoms with van der Waals surface area (Å²) in [6, 6.07) is 6.35. The monoisotopic (exact) mass is 368 g/mol. The number of rotatable bonds is 6. The third kappa shape index (κ3) is 4.22. The lowest BCUT2D eigenvalue weighted by Gasteiger charge is -2.16. The van der Waals surface area contributed by atoms with Crippen LogP contribution < -0.4 is 21.3 Å². The Balaban J connectivity index is 2.58. The highest BCUT2D eigenvalue weighted by molar-refractivity contribution is 7.71. The molecule has 0 unspecified atom stereocenters. The van der Waals surface area contributed by atoms with Crippen molar-refractivity contribution in [2.24, 2.45) is 5.73 Å². The molecular formula is C15H17ClN4O3S. The Morgan fingerprint density at radius 1 is 1.46 bits per heavy atom. The summed E-state index contributed by atoms with van der Waals surface area (Å²) in [5, 5.41) is 3.13. The summed E-state index contributed by atoms with van der Waals surface area (Å²) in [6.07, 6.45) is 0. The van der Waals surface area contributed by atoms with Gasteiger partial charge >= 0.3 is 0 Å². The number of nitrogens with one attached hydrogen (secondary N) is 2. The molecule has 9 heteroatoms. The van der Waals surface area contributed by atoms with E-state index in [1.165, 1.54) is 17.7 Å². The number of aromatic nitrogens is 2. The van der Waals surface area contributed by atoms with Gasteiger partial charge in [-0.2, -0.15) is 0 Å². The molecule has 0 aliphatic rings. The Kier molecular flexibility index (Phi) is 6.13. The van der Waals surface area contributed by atoms with E-state index in [1.54, 1.807) is 18.2 Å². The van der Waals surface area contributed by atoms with Gasteiger partial charge in [-0.05, 0) is 30.4 Å².